The number of alkyl halides is 2. The Bertz CT molecular complexity index is 387. The van der Waals surface area contributed by atoms with Crippen LogP contribution in [0.4, 0.5) is 14.5 Å². The summed E-state index contributed by atoms with van der Waals surface area (Å²) in [7, 11) is 1.31. The number of nitrogens with two attached hydrogens (primary N) is 1. The van der Waals surface area contributed by atoms with Crippen LogP contribution in [0.5, 0.6) is 5.88 Å². The van der Waals surface area contributed by atoms with Crippen LogP contribution in [0.25, 0.3) is 0 Å². The Kier molecular flexibility index (Phi) is 2.82. The summed E-state index contributed by atoms with van der Waals surface area (Å²) in [6.07, 6.45) is -2.82. The first-order valence-electron chi connectivity index (χ1n) is 3.62. The van der Waals surface area contributed by atoms with Crippen molar-refractivity contribution in [3.63, 3.8) is 0 Å². The van der Waals surface area contributed by atoms with Gasteiger partial charge in [-0.25, -0.2) is 13.8 Å². The molecule has 0 aliphatic heterocycles. The number of nitrogens with zero attached hydrogens (tertiary/aromatic N) is 2. The molecule has 1 rings (SSSR count). The van der Waals surface area contributed by atoms with Crippen molar-refractivity contribution in [3.05, 3.63) is 17.3 Å². The lowest BCUT2D eigenvalue weighted by Gasteiger charge is -2.07. The second-order valence-corrected chi connectivity index (χ2v) is 2.43. The SMILES string of the molecule is COc1cc(N)c(C(F)F)c(C#N)n1. The van der Waals surface area contributed by atoms with Crippen molar-refractivity contribution in [1.82, 2.24) is 4.98 Å². The van der Waals surface area contributed by atoms with Gasteiger partial charge in [-0.1, -0.05) is 0 Å². The molecule has 14 heavy (non-hydrogen) atoms. The van der Waals surface area contributed by atoms with Crippen molar-refractivity contribution in [3.8, 4) is 11.9 Å². The Morgan fingerprint density at radius 2 is 2.29 bits per heavy atom. The third kappa shape index (κ3) is 1.71. The molecule has 0 saturated heterocycles. The number of hydrogen-bond donors (Lipinski definition) is 1. The normalized spacial score (nSPS) is 9.93. The van der Waals surface area contributed by atoms with Crippen molar-refractivity contribution >= 4 is 5.69 Å². The lowest BCUT2D eigenvalue weighted by Crippen LogP contribution is -2.02. The van der Waals surface area contributed by atoms with E-state index in [-0.39, 0.29) is 11.6 Å². The molecule has 6 heteroatoms. The molecule has 0 radical (unpaired) electrons. The summed E-state index contributed by atoms with van der Waals surface area (Å²) in [4.78, 5) is 3.55. The minimum Gasteiger partial charge on any atom is -0.481 e. The zero-order valence-corrected chi connectivity index (χ0v) is 7.29. The third-order valence-corrected chi connectivity index (χ3v) is 1.60. The molecule has 74 valence electrons. The first kappa shape index (κ1) is 10.2. The molecule has 0 atom stereocenters. The van der Waals surface area contributed by atoms with Crippen molar-refractivity contribution in [2.75, 3.05) is 12.8 Å². The molecule has 0 saturated carbocycles. The number of nitriles is 1. The maximum atomic E-state index is 12.4. The van der Waals surface area contributed by atoms with Gasteiger partial charge < -0.3 is 10.5 Å². The average Bonchev–Trinajstić information content (AvgIpc) is 2.15. The van der Waals surface area contributed by atoms with E-state index in [9.17, 15) is 8.78 Å². The van der Waals surface area contributed by atoms with Crippen LogP contribution < -0.4 is 10.5 Å². The maximum absolute atomic E-state index is 12.4. The van der Waals surface area contributed by atoms with E-state index >= 15 is 0 Å². The van der Waals surface area contributed by atoms with Crippen LogP contribution in [-0.2, 0) is 0 Å². The molecular weight excluding hydrogens is 192 g/mol. The predicted octanol–water partition coefficient (Wildman–Crippen LogP) is 1.48. The quantitative estimate of drug-likeness (QED) is 0.782. The summed E-state index contributed by atoms with van der Waals surface area (Å²) in [5.74, 6) is 0.0449. The monoisotopic (exact) mass is 199 g/mol. The second-order valence-electron chi connectivity index (χ2n) is 2.43. The average molecular weight is 199 g/mol. The number of halogens is 2. The highest BCUT2D eigenvalue weighted by molar-refractivity contribution is 5.55. The van der Waals surface area contributed by atoms with E-state index in [1.165, 1.54) is 7.11 Å². The molecule has 0 bridgehead atoms. The summed E-state index contributed by atoms with van der Waals surface area (Å²) < 4.78 is 29.5. The van der Waals surface area contributed by atoms with Gasteiger partial charge in [0.05, 0.1) is 12.7 Å². The van der Waals surface area contributed by atoms with E-state index in [2.05, 4.69) is 9.72 Å². The van der Waals surface area contributed by atoms with Crippen molar-refractivity contribution < 1.29 is 13.5 Å². The Hall–Kier alpha value is -1.90. The number of pyridine rings is 1. The van der Waals surface area contributed by atoms with E-state index in [1.807, 2.05) is 0 Å². The molecule has 0 aliphatic carbocycles. The van der Waals surface area contributed by atoms with Gasteiger partial charge in [-0.15, -0.1) is 0 Å². The topological polar surface area (TPSA) is 71.9 Å². The number of nitrogen functional groups attached to an aromatic ring is 1. The number of anilines is 1. The Morgan fingerprint density at radius 3 is 2.71 bits per heavy atom. The molecule has 0 unspecified atom stereocenters. The number of aromatic nitrogens is 1. The van der Waals surface area contributed by atoms with E-state index in [4.69, 9.17) is 11.0 Å². The molecule has 1 aromatic rings. The molecule has 0 spiro atoms. The van der Waals surface area contributed by atoms with E-state index in [0.717, 1.165) is 6.07 Å². The van der Waals surface area contributed by atoms with Crippen molar-refractivity contribution in [1.29, 1.82) is 5.26 Å². The van der Waals surface area contributed by atoms with Gasteiger partial charge in [0.15, 0.2) is 5.69 Å². The fourth-order valence-electron chi connectivity index (χ4n) is 0.969. The van der Waals surface area contributed by atoms with Crippen LogP contribution >= 0.6 is 0 Å². The standard InChI is InChI=1S/C8H7F2N3O/c1-14-6-2-4(12)7(8(9)10)5(3-11)13-6/h2,8H,1H3,(H2,12,13). The summed E-state index contributed by atoms with van der Waals surface area (Å²) in [6.45, 7) is 0. The molecule has 4 nitrogen and oxygen atoms in total. The largest absolute Gasteiger partial charge is 0.481 e. The van der Waals surface area contributed by atoms with E-state index in [1.54, 1.807) is 6.07 Å². The first-order chi connectivity index (χ1) is 6.60. The molecule has 1 heterocycles. The van der Waals surface area contributed by atoms with Gasteiger partial charge in [-0.05, 0) is 0 Å². The zero-order chi connectivity index (χ0) is 10.7. The van der Waals surface area contributed by atoms with Gasteiger partial charge in [0, 0.05) is 11.8 Å². The van der Waals surface area contributed by atoms with Crippen molar-refractivity contribution in [2.45, 2.75) is 6.43 Å². The Morgan fingerprint density at radius 1 is 1.64 bits per heavy atom. The summed E-state index contributed by atoms with van der Waals surface area (Å²) in [5.41, 5.74) is 4.18. The van der Waals surface area contributed by atoms with Gasteiger partial charge in [0.2, 0.25) is 5.88 Å². The highest BCUT2D eigenvalue weighted by Gasteiger charge is 2.19. The predicted molar refractivity (Wildman–Crippen MR) is 44.9 cm³/mol. The van der Waals surface area contributed by atoms with Crippen LogP contribution in [0.3, 0.4) is 0 Å². The smallest absolute Gasteiger partial charge is 0.268 e. The molecule has 0 amide bonds. The maximum Gasteiger partial charge on any atom is 0.268 e. The van der Waals surface area contributed by atoms with Gasteiger partial charge in [0.1, 0.15) is 6.07 Å². The highest BCUT2D eigenvalue weighted by atomic mass is 19.3. The fraction of sp³-hybridized carbons (Fsp3) is 0.250. The fourth-order valence-corrected chi connectivity index (χ4v) is 0.969. The van der Waals surface area contributed by atoms with E-state index in [0.29, 0.717) is 0 Å². The van der Waals surface area contributed by atoms with Crippen LogP contribution in [0.1, 0.15) is 17.7 Å². The summed E-state index contributed by atoms with van der Waals surface area (Å²) in [5, 5.41) is 8.55. The lowest BCUT2D eigenvalue weighted by atomic mass is 10.1. The number of rotatable bonds is 2. The van der Waals surface area contributed by atoms with Gasteiger partial charge in [0.25, 0.3) is 6.43 Å². The summed E-state index contributed by atoms with van der Waals surface area (Å²) in [6, 6.07) is 2.70. The molecule has 2 N–H and O–H groups in total. The Balaban J connectivity index is 3.37. The Labute approximate surface area is 78.9 Å². The van der Waals surface area contributed by atoms with Crippen molar-refractivity contribution in [2.24, 2.45) is 0 Å². The third-order valence-electron chi connectivity index (χ3n) is 1.60. The minimum atomic E-state index is -2.82. The van der Waals surface area contributed by atoms with Gasteiger partial charge >= 0.3 is 0 Å². The summed E-state index contributed by atoms with van der Waals surface area (Å²) >= 11 is 0. The highest BCUT2D eigenvalue weighted by Crippen LogP contribution is 2.29. The second kappa shape index (κ2) is 3.87. The molecule has 0 fully saturated rings. The van der Waals surface area contributed by atoms with Crippen LogP contribution in [-0.4, -0.2) is 12.1 Å². The number of hydrogen-bond acceptors (Lipinski definition) is 4. The molecule has 0 aromatic carbocycles. The molecule has 1 aromatic heterocycles. The van der Waals surface area contributed by atoms with Crippen LogP contribution in [0, 0.1) is 11.3 Å². The number of methoxy groups -OCH3 is 1. The van der Waals surface area contributed by atoms with E-state index < -0.39 is 17.7 Å². The van der Waals surface area contributed by atoms with Crippen LogP contribution in [0.15, 0.2) is 6.07 Å². The lowest BCUT2D eigenvalue weighted by molar-refractivity contribution is 0.151. The van der Waals surface area contributed by atoms with Crippen LogP contribution in [0.2, 0.25) is 0 Å². The van der Waals surface area contributed by atoms with Gasteiger partial charge in [-0.2, -0.15) is 5.26 Å². The zero-order valence-electron chi connectivity index (χ0n) is 7.29. The molecular formula is C8H7F2N3O. The first-order valence-corrected chi connectivity index (χ1v) is 3.62. The van der Waals surface area contributed by atoms with Gasteiger partial charge in [-0.3, -0.25) is 0 Å². The minimum absolute atomic E-state index is 0.0449. The molecule has 0 aliphatic rings. The number of ether oxygens (including phenoxy) is 1.